The highest BCUT2D eigenvalue weighted by Gasteiger charge is 2.22. The summed E-state index contributed by atoms with van der Waals surface area (Å²) in [5, 5.41) is 0. The molecule has 0 saturated heterocycles. The number of nitrogens with zero attached hydrogens (tertiary/aromatic N) is 1. The highest BCUT2D eigenvalue weighted by molar-refractivity contribution is 7.79. The molecule has 2 N–H and O–H groups in total. The van der Waals surface area contributed by atoms with Gasteiger partial charge in [-0.25, -0.2) is 0 Å². The molecule has 0 fully saturated rings. The van der Waals surface area contributed by atoms with Gasteiger partial charge in [0.25, 0.3) is 0 Å². The van der Waals surface area contributed by atoms with E-state index in [9.17, 15) is 14.4 Å². The third-order valence-electron chi connectivity index (χ3n) is 11.0. The van der Waals surface area contributed by atoms with Crippen LogP contribution in [0.25, 0.3) is 0 Å². The average molecular weight is 799 g/mol. The van der Waals surface area contributed by atoms with Crippen molar-refractivity contribution in [1.82, 2.24) is 4.90 Å². The minimum atomic E-state index is -0.220. The molecule has 8 heteroatoms. The molecule has 0 spiro atoms. The van der Waals surface area contributed by atoms with Gasteiger partial charge in [-0.3, -0.25) is 14.4 Å². The number of hydrogen-bond donors (Lipinski definition) is 2. The molecule has 7 nitrogen and oxygen atoms in total. The number of carbonyl (C=O) groups excluding carboxylic acids is 3. The van der Waals surface area contributed by atoms with E-state index in [1.54, 1.807) is 11.2 Å². The van der Waals surface area contributed by atoms with Crippen molar-refractivity contribution in [3.05, 3.63) is 0 Å². The summed E-state index contributed by atoms with van der Waals surface area (Å²) in [6.07, 6.45) is 39.6. The summed E-state index contributed by atoms with van der Waals surface area (Å²) in [4.78, 5) is 40.9. The predicted octanol–water partition coefficient (Wildman–Crippen LogP) is 13.2. The van der Waals surface area contributed by atoms with Gasteiger partial charge in [0, 0.05) is 0 Å². The topological polar surface area (TPSA) is 98.9 Å². The van der Waals surface area contributed by atoms with E-state index in [0.717, 1.165) is 51.4 Å². The molecule has 0 aliphatic carbocycles. The van der Waals surface area contributed by atoms with E-state index >= 15 is 0 Å². The molecule has 0 saturated carbocycles. The Kier molecular flexibility index (Phi) is 46.1. The maximum atomic E-state index is 13.3. The van der Waals surface area contributed by atoms with Crippen LogP contribution in [0.2, 0.25) is 0 Å². The molecule has 55 heavy (non-hydrogen) atoms. The smallest absolute Gasteiger partial charge is 0.308 e. The van der Waals surface area contributed by atoms with Crippen molar-refractivity contribution >= 4 is 30.5 Å². The van der Waals surface area contributed by atoms with Crippen molar-refractivity contribution in [2.24, 2.45) is 17.6 Å². The Morgan fingerprint density at radius 1 is 0.436 bits per heavy atom. The van der Waals surface area contributed by atoms with Gasteiger partial charge in [-0.2, -0.15) is 12.6 Å². The molecule has 0 atom stereocenters. The van der Waals surface area contributed by atoms with Crippen molar-refractivity contribution in [3.63, 3.8) is 0 Å². The maximum absolute atomic E-state index is 13.3. The van der Waals surface area contributed by atoms with Gasteiger partial charge in [0.05, 0.1) is 31.5 Å². The molecule has 0 aromatic heterocycles. The molecule has 0 radical (unpaired) electrons. The fourth-order valence-corrected chi connectivity index (χ4v) is 7.39. The minimum absolute atomic E-state index is 0.0782. The lowest BCUT2D eigenvalue weighted by molar-refractivity contribution is -0.152. The Hall–Kier alpha value is -1.28. The highest BCUT2D eigenvalue weighted by Crippen LogP contribution is 2.23. The summed E-state index contributed by atoms with van der Waals surface area (Å²) in [6.45, 7) is 9.66. The predicted molar refractivity (Wildman–Crippen MR) is 240 cm³/mol. The van der Waals surface area contributed by atoms with Gasteiger partial charge < -0.3 is 20.1 Å². The third-order valence-corrected chi connectivity index (χ3v) is 11.0. The Balaban J connectivity index is 0. The van der Waals surface area contributed by atoms with E-state index in [-0.39, 0.29) is 62.5 Å². The number of nitrogens with two attached hydrogens (primary N) is 1. The van der Waals surface area contributed by atoms with E-state index in [4.69, 9.17) is 15.2 Å². The summed E-state index contributed by atoms with van der Waals surface area (Å²) in [6, 6.07) is 0. The molecule has 328 valence electrons. The second kappa shape index (κ2) is 45.4. The zero-order valence-corrected chi connectivity index (χ0v) is 38.2. The summed E-state index contributed by atoms with van der Waals surface area (Å²) < 4.78 is 11.6. The van der Waals surface area contributed by atoms with Crippen molar-refractivity contribution < 1.29 is 23.9 Å². The van der Waals surface area contributed by atoms with Crippen molar-refractivity contribution in [1.29, 1.82) is 0 Å². The second-order valence-electron chi connectivity index (χ2n) is 16.0. The summed E-state index contributed by atoms with van der Waals surface area (Å²) in [5.41, 5.74) is 5.75. The number of unbranched alkanes of at least 4 members (excludes halogenated alkanes) is 24. The van der Waals surface area contributed by atoms with Crippen LogP contribution in [0.1, 0.15) is 233 Å². The van der Waals surface area contributed by atoms with Gasteiger partial charge in [-0.1, -0.05) is 207 Å². The normalized spacial score (nSPS) is 11.1. The first-order valence-corrected chi connectivity index (χ1v) is 24.6. The van der Waals surface area contributed by atoms with Crippen LogP contribution in [-0.4, -0.2) is 61.8 Å². The SMILES string of the molecule is CCCCCCCCCC(CCCCCCCCC)C(=O)OCCN(CCOC(=O)C(CCCCCCCCC)CCCCCCCCC)C(=O)CN.CS. The van der Waals surface area contributed by atoms with Gasteiger partial charge in [0.2, 0.25) is 5.91 Å². The first-order valence-electron chi connectivity index (χ1n) is 23.7. The van der Waals surface area contributed by atoms with Gasteiger partial charge in [0.15, 0.2) is 0 Å². The lowest BCUT2D eigenvalue weighted by Crippen LogP contribution is -2.41. The van der Waals surface area contributed by atoms with E-state index in [2.05, 4.69) is 40.3 Å². The van der Waals surface area contributed by atoms with Crippen LogP contribution in [0.5, 0.6) is 0 Å². The Morgan fingerprint density at radius 2 is 0.673 bits per heavy atom. The summed E-state index contributed by atoms with van der Waals surface area (Å²) in [5.74, 6) is -0.641. The van der Waals surface area contributed by atoms with Crippen LogP contribution < -0.4 is 5.73 Å². The van der Waals surface area contributed by atoms with E-state index in [0.29, 0.717) is 0 Å². The van der Waals surface area contributed by atoms with Crippen LogP contribution in [0.3, 0.4) is 0 Å². The molecule has 0 rings (SSSR count). The third kappa shape index (κ3) is 36.8. The summed E-state index contributed by atoms with van der Waals surface area (Å²) >= 11 is 3.53. The number of hydrogen-bond acceptors (Lipinski definition) is 7. The molecular weight excluding hydrogens is 705 g/mol. The quantitative estimate of drug-likeness (QED) is 0.0363. The van der Waals surface area contributed by atoms with Gasteiger partial charge in [0.1, 0.15) is 13.2 Å². The molecule has 0 aromatic carbocycles. The number of ether oxygens (including phenoxy) is 2. The molecule has 1 amide bonds. The number of rotatable bonds is 41. The zero-order valence-electron chi connectivity index (χ0n) is 37.3. The van der Waals surface area contributed by atoms with Gasteiger partial charge in [-0.05, 0) is 31.9 Å². The van der Waals surface area contributed by atoms with Crippen molar-refractivity contribution in [3.8, 4) is 0 Å². The average Bonchev–Trinajstić information content (AvgIpc) is 3.20. The fourth-order valence-electron chi connectivity index (χ4n) is 7.39. The lowest BCUT2D eigenvalue weighted by Gasteiger charge is -2.23. The lowest BCUT2D eigenvalue weighted by atomic mass is 9.94. The molecule has 0 bridgehead atoms. The standard InChI is InChI=1S/C46H90N2O5.CH4S/c1-5-9-13-17-21-25-29-33-42(34-30-26-22-18-14-10-6-2)45(50)52-39-37-48(44(49)41-47)38-40-53-46(51)43(35-31-27-23-19-15-11-7-3)36-32-28-24-20-16-12-8-4;1-2/h42-43H,5-41,47H2,1-4H3;2H,1H3. The number of thiol groups is 1. The second-order valence-corrected chi connectivity index (χ2v) is 16.0. The maximum Gasteiger partial charge on any atom is 0.308 e. The Bertz CT molecular complexity index is 735. The fraction of sp³-hybridized carbons (Fsp3) is 0.936. The first kappa shape index (κ1) is 55.8. The minimum Gasteiger partial charge on any atom is -0.464 e. The van der Waals surface area contributed by atoms with Gasteiger partial charge in [-0.15, -0.1) is 0 Å². The molecular formula is C47H94N2O5S. The van der Waals surface area contributed by atoms with E-state index in [1.165, 1.54) is 154 Å². The molecule has 0 unspecified atom stereocenters. The number of esters is 2. The molecule has 0 aromatic rings. The van der Waals surface area contributed by atoms with Crippen LogP contribution in [0.15, 0.2) is 0 Å². The highest BCUT2D eigenvalue weighted by atomic mass is 32.1. The molecule has 0 heterocycles. The van der Waals surface area contributed by atoms with Crippen LogP contribution in [0.4, 0.5) is 0 Å². The summed E-state index contributed by atoms with van der Waals surface area (Å²) in [7, 11) is 0. The largest absolute Gasteiger partial charge is 0.464 e. The number of amides is 1. The van der Waals surface area contributed by atoms with Crippen LogP contribution in [0, 0.1) is 11.8 Å². The molecule has 0 aliphatic rings. The van der Waals surface area contributed by atoms with E-state index in [1.807, 2.05) is 0 Å². The van der Waals surface area contributed by atoms with Crippen molar-refractivity contribution in [2.75, 3.05) is 39.1 Å². The Labute approximate surface area is 347 Å². The van der Waals surface area contributed by atoms with Gasteiger partial charge >= 0.3 is 11.9 Å². The van der Waals surface area contributed by atoms with Crippen LogP contribution >= 0.6 is 12.6 Å². The monoisotopic (exact) mass is 799 g/mol. The Morgan fingerprint density at radius 3 is 0.909 bits per heavy atom. The van der Waals surface area contributed by atoms with Crippen molar-refractivity contribution in [2.45, 2.75) is 233 Å². The first-order chi connectivity index (χ1) is 26.9. The molecule has 0 aliphatic heterocycles. The van der Waals surface area contributed by atoms with E-state index < -0.39 is 0 Å². The number of carbonyl (C=O) groups is 3. The van der Waals surface area contributed by atoms with Crippen LogP contribution in [-0.2, 0) is 23.9 Å². The zero-order chi connectivity index (χ0) is 41.0.